The monoisotopic (exact) mass is 285 g/mol. The first-order chi connectivity index (χ1) is 10.2. The maximum Gasteiger partial charge on any atom is 0.342 e. The van der Waals surface area contributed by atoms with E-state index in [0.29, 0.717) is 11.1 Å². The number of hydrogen-bond acceptors (Lipinski definition) is 4. The largest absolute Gasteiger partial charge is 0.467 e. The van der Waals surface area contributed by atoms with Crippen molar-refractivity contribution in [1.29, 1.82) is 0 Å². The van der Waals surface area contributed by atoms with Crippen LogP contribution in [0.5, 0.6) is 0 Å². The van der Waals surface area contributed by atoms with Crippen molar-refractivity contribution in [3.8, 4) is 0 Å². The van der Waals surface area contributed by atoms with E-state index in [2.05, 4.69) is 10.2 Å². The zero-order valence-electron chi connectivity index (χ0n) is 11.5. The molecular weight excluding hydrogens is 270 g/mol. The molecule has 5 heteroatoms. The zero-order chi connectivity index (χ0) is 15.1. The average Bonchev–Trinajstić information content (AvgIpc) is 2.56. The van der Waals surface area contributed by atoms with Gasteiger partial charge in [0.25, 0.3) is 5.91 Å². The van der Waals surface area contributed by atoms with Gasteiger partial charge in [-0.1, -0.05) is 48.5 Å². The van der Waals surface area contributed by atoms with E-state index in [0.717, 1.165) is 0 Å². The van der Waals surface area contributed by atoms with Crippen molar-refractivity contribution in [3.63, 3.8) is 0 Å². The summed E-state index contributed by atoms with van der Waals surface area (Å²) in [6, 6.07) is 17.4. The van der Waals surface area contributed by atoms with E-state index < -0.39 is 18.0 Å². The van der Waals surface area contributed by atoms with E-state index >= 15 is 0 Å². The molecule has 0 radical (unpaired) electrons. The number of hydroxylamine groups is 1. The standard InChI is InChI=1S/C16H15NO4/c1-20-16(19)14(12-8-4-2-5-9-12)21-17-15(18)13-10-6-3-7-11-13/h2-11,14H,1H3,(H,17,18). The lowest BCUT2D eigenvalue weighted by molar-refractivity contribution is -0.158. The predicted octanol–water partition coefficient (Wildman–Crippen LogP) is 2.26. The Balaban J connectivity index is 2.07. The molecular formula is C16H15NO4. The minimum Gasteiger partial charge on any atom is -0.467 e. The number of nitrogens with one attached hydrogen (secondary N) is 1. The van der Waals surface area contributed by atoms with E-state index in [1.165, 1.54) is 7.11 Å². The molecule has 0 heterocycles. The Bertz CT molecular complexity index is 598. The summed E-state index contributed by atoms with van der Waals surface area (Å²) in [5.74, 6) is -1.02. The highest BCUT2D eigenvalue weighted by Gasteiger charge is 2.23. The summed E-state index contributed by atoms with van der Waals surface area (Å²) < 4.78 is 4.69. The third-order valence-electron chi connectivity index (χ3n) is 2.82. The molecule has 1 unspecified atom stereocenters. The molecule has 108 valence electrons. The highest BCUT2D eigenvalue weighted by atomic mass is 16.7. The van der Waals surface area contributed by atoms with Crippen molar-refractivity contribution in [2.45, 2.75) is 6.10 Å². The number of ether oxygens (including phenoxy) is 1. The van der Waals surface area contributed by atoms with Crippen LogP contribution in [0, 0.1) is 0 Å². The Morgan fingerprint density at radius 2 is 1.52 bits per heavy atom. The summed E-state index contributed by atoms with van der Waals surface area (Å²) in [6.45, 7) is 0. The first-order valence-corrected chi connectivity index (χ1v) is 6.36. The molecule has 1 atom stereocenters. The van der Waals surface area contributed by atoms with Crippen LogP contribution in [0.1, 0.15) is 22.0 Å². The second-order valence-electron chi connectivity index (χ2n) is 4.23. The summed E-state index contributed by atoms with van der Waals surface area (Å²) in [6.07, 6.45) is -1.01. The van der Waals surface area contributed by atoms with Gasteiger partial charge in [-0.25, -0.2) is 10.3 Å². The molecule has 1 N–H and O–H groups in total. The summed E-state index contributed by atoms with van der Waals surface area (Å²) in [5, 5.41) is 0. The van der Waals surface area contributed by atoms with E-state index in [1.54, 1.807) is 54.6 Å². The van der Waals surface area contributed by atoms with Crippen LogP contribution in [-0.4, -0.2) is 19.0 Å². The van der Waals surface area contributed by atoms with Crippen LogP contribution >= 0.6 is 0 Å². The van der Waals surface area contributed by atoms with Gasteiger partial charge in [0.2, 0.25) is 6.10 Å². The topological polar surface area (TPSA) is 64.6 Å². The Labute approximate surface area is 122 Å². The third kappa shape index (κ3) is 3.90. The number of benzene rings is 2. The highest BCUT2D eigenvalue weighted by molar-refractivity contribution is 5.93. The van der Waals surface area contributed by atoms with Crippen LogP contribution in [0.3, 0.4) is 0 Å². The average molecular weight is 285 g/mol. The fourth-order valence-electron chi connectivity index (χ4n) is 1.75. The molecule has 2 aromatic carbocycles. The summed E-state index contributed by atoms with van der Waals surface area (Å²) >= 11 is 0. The van der Waals surface area contributed by atoms with Crippen molar-refractivity contribution in [1.82, 2.24) is 5.48 Å². The zero-order valence-corrected chi connectivity index (χ0v) is 11.5. The van der Waals surface area contributed by atoms with Crippen molar-refractivity contribution >= 4 is 11.9 Å². The molecule has 0 aromatic heterocycles. The molecule has 21 heavy (non-hydrogen) atoms. The van der Waals surface area contributed by atoms with Crippen molar-refractivity contribution < 1.29 is 19.2 Å². The van der Waals surface area contributed by atoms with Crippen LogP contribution in [0.2, 0.25) is 0 Å². The van der Waals surface area contributed by atoms with E-state index in [-0.39, 0.29) is 0 Å². The maximum absolute atomic E-state index is 11.9. The number of carbonyl (C=O) groups excluding carboxylic acids is 2. The molecule has 5 nitrogen and oxygen atoms in total. The van der Waals surface area contributed by atoms with Gasteiger partial charge in [0, 0.05) is 5.56 Å². The predicted molar refractivity (Wildman–Crippen MR) is 76.2 cm³/mol. The van der Waals surface area contributed by atoms with Crippen molar-refractivity contribution in [2.24, 2.45) is 0 Å². The molecule has 0 spiro atoms. The molecule has 0 bridgehead atoms. The van der Waals surface area contributed by atoms with E-state index in [1.807, 2.05) is 6.07 Å². The molecule has 0 aliphatic carbocycles. The van der Waals surface area contributed by atoms with Gasteiger partial charge in [-0.05, 0) is 17.7 Å². The summed E-state index contributed by atoms with van der Waals surface area (Å²) in [5.41, 5.74) is 3.31. The van der Waals surface area contributed by atoms with Crippen LogP contribution in [0.4, 0.5) is 0 Å². The van der Waals surface area contributed by atoms with Crippen LogP contribution in [0.25, 0.3) is 0 Å². The second kappa shape index (κ2) is 7.21. The molecule has 0 fully saturated rings. The van der Waals surface area contributed by atoms with Crippen LogP contribution < -0.4 is 5.48 Å². The quantitative estimate of drug-likeness (QED) is 0.676. The molecule has 1 amide bonds. The SMILES string of the molecule is COC(=O)C(ONC(=O)c1ccccc1)c1ccccc1. The van der Waals surface area contributed by atoms with Crippen molar-refractivity contribution in [3.05, 3.63) is 71.8 Å². The minimum atomic E-state index is -1.01. The van der Waals surface area contributed by atoms with Crippen LogP contribution in [-0.2, 0) is 14.4 Å². The summed E-state index contributed by atoms with van der Waals surface area (Å²) in [4.78, 5) is 28.9. The second-order valence-corrected chi connectivity index (χ2v) is 4.23. The Morgan fingerprint density at radius 3 is 2.10 bits per heavy atom. The lowest BCUT2D eigenvalue weighted by atomic mass is 10.1. The molecule has 2 rings (SSSR count). The maximum atomic E-state index is 11.9. The lowest BCUT2D eigenvalue weighted by Crippen LogP contribution is -2.30. The molecule has 0 saturated heterocycles. The van der Waals surface area contributed by atoms with Gasteiger partial charge in [-0.2, -0.15) is 0 Å². The van der Waals surface area contributed by atoms with Crippen LogP contribution in [0.15, 0.2) is 60.7 Å². The fraction of sp³-hybridized carbons (Fsp3) is 0.125. The third-order valence-corrected chi connectivity index (χ3v) is 2.82. The Morgan fingerprint density at radius 1 is 0.952 bits per heavy atom. The molecule has 0 saturated carbocycles. The number of amides is 1. The van der Waals surface area contributed by atoms with Gasteiger partial charge in [0.15, 0.2) is 0 Å². The lowest BCUT2D eigenvalue weighted by Gasteiger charge is -2.15. The van der Waals surface area contributed by atoms with Gasteiger partial charge in [-0.15, -0.1) is 0 Å². The van der Waals surface area contributed by atoms with Gasteiger partial charge in [-0.3, -0.25) is 9.63 Å². The minimum absolute atomic E-state index is 0.430. The van der Waals surface area contributed by atoms with Gasteiger partial charge >= 0.3 is 5.97 Å². The van der Waals surface area contributed by atoms with Gasteiger partial charge in [0.1, 0.15) is 0 Å². The normalized spacial score (nSPS) is 11.5. The molecule has 2 aromatic rings. The first-order valence-electron chi connectivity index (χ1n) is 6.36. The van der Waals surface area contributed by atoms with Gasteiger partial charge < -0.3 is 4.74 Å². The number of esters is 1. The molecule has 0 aliphatic rings. The van der Waals surface area contributed by atoms with Crippen molar-refractivity contribution in [2.75, 3.05) is 7.11 Å². The van der Waals surface area contributed by atoms with Gasteiger partial charge in [0.05, 0.1) is 7.11 Å². The molecule has 0 aliphatic heterocycles. The number of carbonyl (C=O) groups is 2. The number of methoxy groups -OCH3 is 1. The van der Waals surface area contributed by atoms with E-state index in [9.17, 15) is 9.59 Å². The Kier molecular flexibility index (Phi) is 5.06. The smallest absolute Gasteiger partial charge is 0.342 e. The fourth-order valence-corrected chi connectivity index (χ4v) is 1.75. The van der Waals surface area contributed by atoms with E-state index in [4.69, 9.17) is 4.84 Å². The number of rotatable bonds is 5. The highest BCUT2D eigenvalue weighted by Crippen LogP contribution is 2.17. The number of hydrogen-bond donors (Lipinski definition) is 1. The first kappa shape index (κ1) is 14.7. The summed E-state index contributed by atoms with van der Waals surface area (Å²) in [7, 11) is 1.26. The Hall–Kier alpha value is -2.66.